The first kappa shape index (κ1) is 7.87. The van der Waals surface area contributed by atoms with Gasteiger partial charge in [0.25, 0.3) is 0 Å². The second kappa shape index (κ2) is 3.25. The highest BCUT2D eigenvalue weighted by atomic mass is 127. The maximum Gasteiger partial charge on any atom is 0.159 e. The minimum absolute atomic E-state index is 0.438. The highest BCUT2D eigenvalue weighted by molar-refractivity contribution is 14.1. The number of nitrogens with zero attached hydrogens (tertiary/aromatic N) is 1. The fraction of sp³-hybridized carbons (Fsp3) is 0. The molecule has 3 N–H and O–H groups in total. The summed E-state index contributed by atoms with van der Waals surface area (Å²) < 4.78 is 2.79. The molecule has 54 valence electrons. The Labute approximate surface area is 77.5 Å². The maximum atomic E-state index is 5.59. The number of nitrogens with two attached hydrogens (primary N) is 1. The predicted molar refractivity (Wildman–Crippen MR) is 51.3 cm³/mol. The van der Waals surface area contributed by atoms with E-state index < -0.39 is 0 Å². The van der Waals surface area contributed by atoms with Crippen LogP contribution in [0.1, 0.15) is 0 Å². The summed E-state index contributed by atoms with van der Waals surface area (Å²) in [6, 6.07) is 3.35. The maximum absolute atomic E-state index is 5.59. The monoisotopic (exact) mass is 269 g/mol. The third-order valence-corrected chi connectivity index (χ3v) is 1.70. The first-order valence-electron chi connectivity index (χ1n) is 2.52. The van der Waals surface area contributed by atoms with Gasteiger partial charge in [-0.05, 0) is 12.1 Å². The summed E-state index contributed by atoms with van der Waals surface area (Å²) >= 11 is 7.53. The summed E-state index contributed by atoms with van der Waals surface area (Å²) in [6.45, 7) is 0. The molecule has 0 aliphatic heterocycles. The minimum Gasteiger partial charge on any atom is -0.396 e. The van der Waals surface area contributed by atoms with Crippen LogP contribution in [0.3, 0.4) is 0 Å². The summed E-state index contributed by atoms with van der Waals surface area (Å²) in [5, 5.41) is 0.438. The van der Waals surface area contributed by atoms with Gasteiger partial charge < -0.3 is 9.26 Å². The van der Waals surface area contributed by atoms with Gasteiger partial charge in [-0.1, -0.05) is 11.6 Å². The molecule has 1 heterocycles. The highest BCUT2D eigenvalue weighted by Crippen LogP contribution is 2.18. The van der Waals surface area contributed by atoms with Crippen LogP contribution in [0.5, 0.6) is 0 Å². The zero-order valence-electron chi connectivity index (χ0n) is 4.94. The highest BCUT2D eigenvalue weighted by Gasteiger charge is 1.97. The van der Waals surface area contributed by atoms with Gasteiger partial charge in [-0.3, -0.25) is 0 Å². The van der Waals surface area contributed by atoms with Crippen molar-refractivity contribution in [3.05, 3.63) is 17.3 Å². The van der Waals surface area contributed by atoms with E-state index in [1.54, 1.807) is 12.1 Å². The molecule has 0 fully saturated rings. The van der Waals surface area contributed by atoms with Gasteiger partial charge in [0.1, 0.15) is 5.15 Å². The van der Waals surface area contributed by atoms with E-state index in [0.717, 1.165) is 0 Å². The molecule has 0 saturated heterocycles. The number of nitrogens with one attached hydrogen (secondary N) is 1. The normalized spacial score (nSPS) is 9.40. The Kier molecular flexibility index (Phi) is 2.56. The fourth-order valence-electron chi connectivity index (χ4n) is 0.522. The van der Waals surface area contributed by atoms with E-state index >= 15 is 0 Å². The van der Waals surface area contributed by atoms with Crippen molar-refractivity contribution in [2.75, 3.05) is 9.26 Å². The molecule has 0 amide bonds. The van der Waals surface area contributed by atoms with Crippen molar-refractivity contribution in [3.63, 3.8) is 0 Å². The van der Waals surface area contributed by atoms with Crippen molar-refractivity contribution < 1.29 is 0 Å². The summed E-state index contributed by atoms with van der Waals surface area (Å²) in [5.74, 6) is 0.605. The number of anilines is 2. The lowest BCUT2D eigenvalue weighted by Crippen LogP contribution is -1.93. The number of hydrogen-bond acceptors (Lipinski definition) is 3. The van der Waals surface area contributed by atoms with Crippen LogP contribution < -0.4 is 9.26 Å². The molecule has 0 bridgehead atoms. The van der Waals surface area contributed by atoms with Crippen LogP contribution in [0.2, 0.25) is 5.15 Å². The van der Waals surface area contributed by atoms with Crippen LogP contribution in [0.4, 0.5) is 11.5 Å². The molecule has 1 rings (SSSR count). The van der Waals surface area contributed by atoms with E-state index in [-0.39, 0.29) is 0 Å². The molecule has 3 nitrogen and oxygen atoms in total. The van der Waals surface area contributed by atoms with Gasteiger partial charge in [-0.25, -0.2) is 4.98 Å². The molecule has 0 unspecified atom stereocenters. The number of hydrogen-bond donors (Lipinski definition) is 2. The third kappa shape index (κ3) is 1.63. The lowest BCUT2D eigenvalue weighted by molar-refractivity contribution is 1.34. The third-order valence-electron chi connectivity index (χ3n) is 0.982. The van der Waals surface area contributed by atoms with Crippen LogP contribution in [-0.4, -0.2) is 4.98 Å². The molecule has 0 atom stereocenters. The van der Waals surface area contributed by atoms with Crippen molar-refractivity contribution in [2.45, 2.75) is 0 Å². The van der Waals surface area contributed by atoms with Crippen LogP contribution in [0.15, 0.2) is 12.1 Å². The average Bonchev–Trinajstić information content (AvgIpc) is 1.94. The van der Waals surface area contributed by atoms with E-state index in [1.165, 1.54) is 0 Å². The molecular weight excluding hydrogens is 264 g/mol. The zero-order valence-corrected chi connectivity index (χ0v) is 7.85. The van der Waals surface area contributed by atoms with E-state index in [2.05, 4.69) is 8.51 Å². The van der Waals surface area contributed by atoms with Gasteiger partial charge in [0.15, 0.2) is 5.82 Å². The Balaban J connectivity index is 3.09. The quantitative estimate of drug-likeness (QED) is 0.466. The standard InChI is InChI=1S/C5H5ClIN3/c6-4-2-1-3(8)5(9-4)10-7/h1-2H,8H2,(H,9,10). The van der Waals surface area contributed by atoms with Crippen molar-refractivity contribution in [2.24, 2.45) is 0 Å². The molecule has 0 aromatic carbocycles. The fourth-order valence-corrected chi connectivity index (χ4v) is 1.10. The molecule has 0 radical (unpaired) electrons. The Morgan fingerprint density at radius 1 is 1.60 bits per heavy atom. The SMILES string of the molecule is Nc1ccc(Cl)nc1NI. The van der Waals surface area contributed by atoms with Gasteiger partial charge in [0.2, 0.25) is 0 Å². The minimum atomic E-state index is 0.438. The second-order valence-corrected chi connectivity index (χ2v) is 2.59. The van der Waals surface area contributed by atoms with Gasteiger partial charge >= 0.3 is 0 Å². The van der Waals surface area contributed by atoms with Crippen molar-refractivity contribution in [1.82, 2.24) is 4.98 Å². The van der Waals surface area contributed by atoms with Crippen molar-refractivity contribution in [3.8, 4) is 0 Å². The van der Waals surface area contributed by atoms with Gasteiger partial charge in [-0.2, -0.15) is 0 Å². The van der Waals surface area contributed by atoms with Crippen LogP contribution >= 0.6 is 34.5 Å². The van der Waals surface area contributed by atoms with E-state index in [1.807, 2.05) is 22.9 Å². The van der Waals surface area contributed by atoms with E-state index in [9.17, 15) is 0 Å². The van der Waals surface area contributed by atoms with E-state index in [0.29, 0.717) is 16.7 Å². The lowest BCUT2D eigenvalue weighted by atomic mass is 10.4. The Morgan fingerprint density at radius 3 is 2.80 bits per heavy atom. The van der Waals surface area contributed by atoms with Gasteiger partial charge in [0.05, 0.1) is 28.6 Å². The Morgan fingerprint density at radius 2 is 2.30 bits per heavy atom. The number of pyridine rings is 1. The topological polar surface area (TPSA) is 50.9 Å². The van der Waals surface area contributed by atoms with Crippen molar-refractivity contribution in [1.29, 1.82) is 0 Å². The number of halogens is 2. The summed E-state index contributed by atoms with van der Waals surface area (Å²) in [5.41, 5.74) is 6.11. The van der Waals surface area contributed by atoms with E-state index in [4.69, 9.17) is 17.3 Å². The molecule has 5 heteroatoms. The van der Waals surface area contributed by atoms with Gasteiger partial charge in [-0.15, -0.1) is 0 Å². The average molecular weight is 269 g/mol. The van der Waals surface area contributed by atoms with Crippen LogP contribution in [0, 0.1) is 0 Å². The molecule has 0 aliphatic carbocycles. The molecule has 0 saturated carbocycles. The Hall–Kier alpha value is -0.230. The largest absolute Gasteiger partial charge is 0.396 e. The number of rotatable bonds is 1. The molecule has 0 spiro atoms. The summed E-state index contributed by atoms with van der Waals surface area (Å²) in [4.78, 5) is 3.91. The molecule has 0 aliphatic rings. The Bertz CT molecular complexity index is 240. The molecule has 10 heavy (non-hydrogen) atoms. The van der Waals surface area contributed by atoms with Crippen molar-refractivity contribution >= 4 is 46.0 Å². The molecule has 1 aromatic rings. The second-order valence-electron chi connectivity index (χ2n) is 1.67. The van der Waals surface area contributed by atoms with Crippen LogP contribution in [0.25, 0.3) is 0 Å². The summed E-state index contributed by atoms with van der Waals surface area (Å²) in [7, 11) is 0. The number of aromatic nitrogens is 1. The zero-order chi connectivity index (χ0) is 7.56. The van der Waals surface area contributed by atoms with Gasteiger partial charge in [0, 0.05) is 0 Å². The number of nitrogen functional groups attached to an aromatic ring is 1. The van der Waals surface area contributed by atoms with Crippen LogP contribution in [-0.2, 0) is 0 Å². The summed E-state index contributed by atoms with van der Waals surface area (Å²) in [6.07, 6.45) is 0. The first-order chi connectivity index (χ1) is 4.74. The smallest absolute Gasteiger partial charge is 0.159 e. The molecule has 1 aromatic heterocycles. The lowest BCUT2D eigenvalue weighted by Gasteiger charge is -2.00. The predicted octanol–water partition coefficient (Wildman–Crippen LogP) is 2.08. The first-order valence-corrected chi connectivity index (χ1v) is 3.98. The molecular formula is C5H5ClIN3.